The highest BCUT2D eigenvalue weighted by atomic mass is 16.5. The Morgan fingerprint density at radius 1 is 1.26 bits per heavy atom. The zero-order valence-electron chi connectivity index (χ0n) is 15.7. The molecule has 1 atom stereocenters. The van der Waals surface area contributed by atoms with Crippen molar-refractivity contribution in [3.63, 3.8) is 0 Å². The summed E-state index contributed by atoms with van der Waals surface area (Å²) < 4.78 is 7.34. The van der Waals surface area contributed by atoms with Gasteiger partial charge in [0.2, 0.25) is 5.91 Å². The van der Waals surface area contributed by atoms with E-state index < -0.39 is 6.04 Å². The van der Waals surface area contributed by atoms with Gasteiger partial charge in [-0.05, 0) is 43.5 Å². The summed E-state index contributed by atoms with van der Waals surface area (Å²) in [6, 6.07) is 11.4. The molecule has 0 saturated carbocycles. The fourth-order valence-corrected chi connectivity index (χ4v) is 4.25. The number of carbonyl (C=O) groups excluding carboxylic acids is 2. The zero-order chi connectivity index (χ0) is 19.0. The number of hydrogen-bond acceptors (Lipinski definition) is 3. The number of rotatable bonds is 3. The van der Waals surface area contributed by atoms with E-state index in [9.17, 15) is 9.59 Å². The Bertz CT molecular complexity index is 881. The van der Waals surface area contributed by atoms with E-state index in [1.54, 1.807) is 0 Å². The van der Waals surface area contributed by atoms with Crippen molar-refractivity contribution in [2.24, 2.45) is 12.5 Å². The summed E-state index contributed by atoms with van der Waals surface area (Å²) in [5, 5.41) is 5.92. The first-order chi connectivity index (χ1) is 13.0. The molecule has 2 aromatic rings. The highest BCUT2D eigenvalue weighted by molar-refractivity contribution is 5.98. The first-order valence-corrected chi connectivity index (χ1v) is 9.39. The Balaban J connectivity index is 1.57. The average Bonchev–Trinajstić information content (AvgIpc) is 3.18. The number of amides is 2. The lowest BCUT2D eigenvalue weighted by molar-refractivity contribution is -0.122. The van der Waals surface area contributed by atoms with Crippen molar-refractivity contribution in [3.05, 3.63) is 47.7 Å². The van der Waals surface area contributed by atoms with Crippen LogP contribution in [0.2, 0.25) is 0 Å². The molecule has 27 heavy (non-hydrogen) atoms. The van der Waals surface area contributed by atoms with E-state index in [0.29, 0.717) is 25.5 Å². The van der Waals surface area contributed by atoms with Crippen LogP contribution in [0.4, 0.5) is 0 Å². The second-order valence-corrected chi connectivity index (χ2v) is 7.63. The second-order valence-electron chi connectivity index (χ2n) is 7.63. The Labute approximate surface area is 158 Å². The summed E-state index contributed by atoms with van der Waals surface area (Å²) in [6.07, 6.45) is 1.55. The normalized spacial score (nSPS) is 21.3. The third kappa shape index (κ3) is 3.14. The largest absolute Gasteiger partial charge is 0.381 e. The van der Waals surface area contributed by atoms with Crippen LogP contribution in [-0.4, -0.2) is 42.2 Å². The lowest BCUT2D eigenvalue weighted by Crippen LogP contribution is -2.51. The van der Waals surface area contributed by atoms with E-state index in [-0.39, 0.29) is 17.2 Å². The van der Waals surface area contributed by atoms with Crippen LogP contribution in [0.25, 0.3) is 11.3 Å². The van der Waals surface area contributed by atoms with Gasteiger partial charge in [-0.25, -0.2) is 0 Å². The molecule has 0 bridgehead atoms. The molecule has 0 unspecified atom stereocenters. The number of ether oxygens (including phenoxy) is 1. The number of aryl methyl sites for hydroxylation is 1. The van der Waals surface area contributed by atoms with Gasteiger partial charge in [-0.3, -0.25) is 9.59 Å². The average molecular weight is 367 g/mol. The molecule has 1 aromatic carbocycles. The van der Waals surface area contributed by atoms with Gasteiger partial charge >= 0.3 is 0 Å². The van der Waals surface area contributed by atoms with Gasteiger partial charge in [0, 0.05) is 37.9 Å². The van der Waals surface area contributed by atoms with Crippen molar-refractivity contribution in [2.45, 2.75) is 25.8 Å². The molecule has 4 rings (SSSR count). The molecule has 2 aliphatic heterocycles. The SMILES string of the molecule is Cc1cccc(-c2ccc(C(=O)N[C@@H]3C(=O)NCC34CCOCC4)n2C)c1. The molecule has 2 N–H and O–H groups in total. The van der Waals surface area contributed by atoms with E-state index in [4.69, 9.17) is 4.74 Å². The fraction of sp³-hybridized carbons (Fsp3) is 0.429. The molecule has 2 fully saturated rings. The summed E-state index contributed by atoms with van der Waals surface area (Å²) in [7, 11) is 1.88. The van der Waals surface area contributed by atoms with Crippen molar-refractivity contribution in [1.29, 1.82) is 0 Å². The first kappa shape index (κ1) is 17.8. The monoisotopic (exact) mass is 367 g/mol. The maximum atomic E-state index is 13.0. The molecule has 6 heteroatoms. The number of benzene rings is 1. The number of hydrogen-bond donors (Lipinski definition) is 2. The molecular weight excluding hydrogens is 342 g/mol. The van der Waals surface area contributed by atoms with Crippen LogP contribution in [0, 0.1) is 12.3 Å². The van der Waals surface area contributed by atoms with Crippen molar-refractivity contribution in [2.75, 3.05) is 19.8 Å². The Morgan fingerprint density at radius 2 is 2.04 bits per heavy atom. The lowest BCUT2D eigenvalue weighted by Gasteiger charge is -2.36. The molecule has 1 spiro atoms. The van der Waals surface area contributed by atoms with E-state index >= 15 is 0 Å². The number of nitrogens with zero attached hydrogens (tertiary/aromatic N) is 1. The summed E-state index contributed by atoms with van der Waals surface area (Å²) in [5.41, 5.74) is 3.52. The van der Waals surface area contributed by atoms with Crippen molar-refractivity contribution in [3.8, 4) is 11.3 Å². The van der Waals surface area contributed by atoms with Crippen LogP contribution < -0.4 is 10.6 Å². The van der Waals surface area contributed by atoms with Gasteiger partial charge in [0.15, 0.2) is 0 Å². The van der Waals surface area contributed by atoms with Gasteiger partial charge in [-0.15, -0.1) is 0 Å². The molecule has 1 aromatic heterocycles. The molecule has 0 radical (unpaired) electrons. The second kappa shape index (κ2) is 6.85. The van der Waals surface area contributed by atoms with Crippen LogP contribution in [0.15, 0.2) is 36.4 Å². The molecule has 0 aliphatic carbocycles. The molecule has 6 nitrogen and oxygen atoms in total. The maximum Gasteiger partial charge on any atom is 0.268 e. The summed E-state index contributed by atoms with van der Waals surface area (Å²) >= 11 is 0. The van der Waals surface area contributed by atoms with Crippen LogP contribution in [0.3, 0.4) is 0 Å². The van der Waals surface area contributed by atoms with Gasteiger partial charge in [-0.1, -0.05) is 23.8 Å². The molecule has 2 amide bonds. The maximum absolute atomic E-state index is 13.0. The van der Waals surface area contributed by atoms with Gasteiger partial charge in [0.05, 0.1) is 0 Å². The Hall–Kier alpha value is -2.60. The Kier molecular flexibility index (Phi) is 4.52. The molecule has 2 saturated heterocycles. The summed E-state index contributed by atoms with van der Waals surface area (Å²) in [4.78, 5) is 25.4. The molecule has 2 aliphatic rings. The summed E-state index contributed by atoms with van der Waals surface area (Å²) in [5.74, 6) is -0.317. The minimum Gasteiger partial charge on any atom is -0.381 e. The molecule has 3 heterocycles. The van der Waals surface area contributed by atoms with Crippen LogP contribution in [0.1, 0.15) is 28.9 Å². The quantitative estimate of drug-likeness (QED) is 0.872. The first-order valence-electron chi connectivity index (χ1n) is 9.39. The van der Waals surface area contributed by atoms with Gasteiger partial charge in [0.1, 0.15) is 11.7 Å². The van der Waals surface area contributed by atoms with Crippen LogP contribution in [0.5, 0.6) is 0 Å². The van der Waals surface area contributed by atoms with Crippen LogP contribution >= 0.6 is 0 Å². The highest BCUT2D eigenvalue weighted by Gasteiger charge is 2.49. The number of aromatic nitrogens is 1. The Morgan fingerprint density at radius 3 is 2.78 bits per heavy atom. The molecular formula is C21H25N3O3. The standard InChI is InChI=1S/C21H25N3O3/c1-14-4-3-5-15(12-14)16-6-7-17(24(16)2)19(25)23-18-20(26)22-13-21(18)8-10-27-11-9-21/h3-7,12,18H,8-11,13H2,1-2H3,(H,22,26)(H,23,25)/t18-/m1/s1. The highest BCUT2D eigenvalue weighted by Crippen LogP contribution is 2.37. The third-order valence-electron chi connectivity index (χ3n) is 5.92. The number of carbonyl (C=O) groups is 2. The smallest absolute Gasteiger partial charge is 0.268 e. The van der Waals surface area contributed by atoms with E-state index in [0.717, 1.165) is 24.1 Å². The van der Waals surface area contributed by atoms with Gasteiger partial charge in [0.25, 0.3) is 5.91 Å². The summed E-state index contributed by atoms with van der Waals surface area (Å²) in [6.45, 7) is 3.90. The van der Waals surface area contributed by atoms with Crippen molar-refractivity contribution < 1.29 is 14.3 Å². The van der Waals surface area contributed by atoms with Crippen molar-refractivity contribution in [1.82, 2.24) is 15.2 Å². The zero-order valence-corrected chi connectivity index (χ0v) is 15.7. The third-order valence-corrected chi connectivity index (χ3v) is 5.92. The topological polar surface area (TPSA) is 72.4 Å². The minimum atomic E-state index is -0.508. The predicted octanol–water partition coefficient (Wildman–Crippen LogP) is 2.03. The van der Waals surface area contributed by atoms with Crippen molar-refractivity contribution >= 4 is 11.8 Å². The van der Waals surface area contributed by atoms with E-state index in [2.05, 4.69) is 16.7 Å². The lowest BCUT2D eigenvalue weighted by atomic mass is 9.76. The predicted molar refractivity (Wildman–Crippen MR) is 102 cm³/mol. The van der Waals surface area contributed by atoms with Gasteiger partial charge < -0.3 is 19.9 Å². The fourth-order valence-electron chi connectivity index (χ4n) is 4.25. The van der Waals surface area contributed by atoms with Crippen LogP contribution in [-0.2, 0) is 16.6 Å². The van der Waals surface area contributed by atoms with E-state index in [1.807, 2.05) is 48.9 Å². The molecule has 142 valence electrons. The van der Waals surface area contributed by atoms with E-state index in [1.165, 1.54) is 5.56 Å². The van der Waals surface area contributed by atoms with Gasteiger partial charge in [-0.2, -0.15) is 0 Å². The minimum absolute atomic E-state index is 0.0987. The number of nitrogens with one attached hydrogen (secondary N) is 2.